The van der Waals surface area contributed by atoms with Crippen LogP contribution in [0.2, 0.25) is 5.02 Å². The maximum absolute atomic E-state index is 11.7. The number of anilines is 1. The second-order valence-corrected chi connectivity index (χ2v) is 6.57. The molecule has 0 radical (unpaired) electrons. The molecule has 1 aliphatic carbocycles. The van der Waals surface area contributed by atoms with Gasteiger partial charge >= 0.3 is 0 Å². The van der Waals surface area contributed by atoms with E-state index in [1.54, 1.807) is 0 Å². The molecule has 0 heterocycles. The molecule has 1 saturated carbocycles. The molecule has 1 aromatic rings. The molecule has 17 heavy (non-hydrogen) atoms. The summed E-state index contributed by atoms with van der Waals surface area (Å²) in [6, 6.07) is 4.24. The molecule has 0 amide bonds. The number of halogens is 1. The Labute approximate surface area is 106 Å². The molecule has 1 fully saturated rings. The lowest BCUT2D eigenvalue weighted by Gasteiger charge is -2.08. The Kier molecular flexibility index (Phi) is 3.49. The summed E-state index contributed by atoms with van der Waals surface area (Å²) < 4.78 is 25.9. The zero-order valence-electron chi connectivity index (χ0n) is 9.19. The number of rotatable bonds is 5. The van der Waals surface area contributed by atoms with Crippen molar-refractivity contribution >= 4 is 27.3 Å². The lowest BCUT2D eigenvalue weighted by molar-refractivity contribution is 0.475. The van der Waals surface area contributed by atoms with Crippen LogP contribution in [0.5, 0.6) is 5.75 Å². The van der Waals surface area contributed by atoms with Crippen molar-refractivity contribution in [1.82, 2.24) is 0 Å². The van der Waals surface area contributed by atoms with Gasteiger partial charge in [-0.3, -0.25) is 4.72 Å². The van der Waals surface area contributed by atoms with Gasteiger partial charge in [0.1, 0.15) is 5.75 Å². The van der Waals surface area contributed by atoms with E-state index in [0.717, 1.165) is 12.8 Å². The minimum absolute atomic E-state index is 0.0624. The Morgan fingerprint density at radius 3 is 2.71 bits per heavy atom. The van der Waals surface area contributed by atoms with Crippen molar-refractivity contribution in [2.75, 3.05) is 10.5 Å². The summed E-state index contributed by atoms with van der Waals surface area (Å²) in [6.07, 6.45) is 2.99. The molecule has 1 aromatic carbocycles. The van der Waals surface area contributed by atoms with Crippen LogP contribution in [0, 0.1) is 5.92 Å². The van der Waals surface area contributed by atoms with Crippen molar-refractivity contribution in [3.05, 3.63) is 23.2 Å². The van der Waals surface area contributed by atoms with Gasteiger partial charge in [-0.25, -0.2) is 8.42 Å². The summed E-state index contributed by atoms with van der Waals surface area (Å²) in [5.74, 6) is 0.651. The largest absolute Gasteiger partial charge is 0.506 e. The minimum Gasteiger partial charge on any atom is -0.506 e. The number of hydrogen-bond donors (Lipinski definition) is 2. The number of phenolic OH excluding ortho intramolecular Hbond substituents is 1. The van der Waals surface area contributed by atoms with Gasteiger partial charge in [-0.1, -0.05) is 24.4 Å². The van der Waals surface area contributed by atoms with Crippen LogP contribution in [0.3, 0.4) is 0 Å². The maximum atomic E-state index is 11.7. The molecule has 2 rings (SSSR count). The summed E-state index contributed by atoms with van der Waals surface area (Å²) in [6.45, 7) is 0. The highest BCUT2D eigenvalue weighted by atomic mass is 35.5. The highest BCUT2D eigenvalue weighted by Crippen LogP contribution is 2.33. The third-order valence-electron chi connectivity index (χ3n) is 2.71. The molecule has 0 spiro atoms. The van der Waals surface area contributed by atoms with Crippen molar-refractivity contribution in [1.29, 1.82) is 0 Å². The van der Waals surface area contributed by atoms with E-state index in [2.05, 4.69) is 4.72 Å². The number of benzene rings is 1. The summed E-state index contributed by atoms with van der Waals surface area (Å²) in [5, 5.41) is 9.35. The minimum atomic E-state index is -3.31. The van der Waals surface area contributed by atoms with Crippen LogP contribution in [-0.2, 0) is 10.0 Å². The van der Waals surface area contributed by atoms with Crippen LogP contribution < -0.4 is 4.72 Å². The van der Waals surface area contributed by atoms with E-state index < -0.39 is 10.0 Å². The Morgan fingerprint density at radius 1 is 1.41 bits per heavy atom. The number of sulfonamides is 1. The van der Waals surface area contributed by atoms with Gasteiger partial charge in [0.25, 0.3) is 0 Å². The lowest BCUT2D eigenvalue weighted by atomic mass is 10.3. The fourth-order valence-electron chi connectivity index (χ4n) is 1.53. The molecule has 0 aromatic heterocycles. The van der Waals surface area contributed by atoms with E-state index >= 15 is 0 Å². The third-order valence-corrected chi connectivity index (χ3v) is 4.34. The van der Waals surface area contributed by atoms with E-state index in [-0.39, 0.29) is 16.5 Å². The SMILES string of the molecule is O=S(=O)(CCC1CC1)Nc1ccc(O)c(Cl)c1. The van der Waals surface area contributed by atoms with Gasteiger partial charge in [0.15, 0.2) is 0 Å². The number of hydrogen-bond acceptors (Lipinski definition) is 3. The molecule has 0 bridgehead atoms. The standard InChI is InChI=1S/C11H14ClNO3S/c12-10-7-9(3-4-11(10)14)13-17(15,16)6-5-8-1-2-8/h3-4,7-8,13-14H,1-2,5-6H2. The topological polar surface area (TPSA) is 66.4 Å². The highest BCUT2D eigenvalue weighted by Gasteiger charge is 2.23. The van der Waals surface area contributed by atoms with Gasteiger partial charge in [-0.15, -0.1) is 0 Å². The van der Waals surface area contributed by atoms with Gasteiger partial charge in [0.2, 0.25) is 10.0 Å². The highest BCUT2D eigenvalue weighted by molar-refractivity contribution is 7.92. The van der Waals surface area contributed by atoms with E-state index in [9.17, 15) is 13.5 Å². The third kappa shape index (κ3) is 3.78. The summed E-state index contributed by atoms with van der Waals surface area (Å²) in [7, 11) is -3.31. The monoisotopic (exact) mass is 275 g/mol. The summed E-state index contributed by atoms with van der Waals surface area (Å²) in [4.78, 5) is 0. The zero-order chi connectivity index (χ0) is 12.5. The van der Waals surface area contributed by atoms with Crippen LogP contribution in [-0.4, -0.2) is 19.3 Å². The molecule has 1 aliphatic rings. The van der Waals surface area contributed by atoms with Crippen molar-refractivity contribution < 1.29 is 13.5 Å². The van der Waals surface area contributed by atoms with E-state index in [1.165, 1.54) is 18.2 Å². The molecule has 0 atom stereocenters. The van der Waals surface area contributed by atoms with Crippen LogP contribution in [0.15, 0.2) is 18.2 Å². The molecule has 0 saturated heterocycles. The normalized spacial score (nSPS) is 15.8. The average molecular weight is 276 g/mol. The van der Waals surface area contributed by atoms with E-state index in [0.29, 0.717) is 18.0 Å². The first-order valence-corrected chi connectivity index (χ1v) is 7.48. The average Bonchev–Trinajstić information content (AvgIpc) is 3.04. The number of nitrogens with one attached hydrogen (secondary N) is 1. The first kappa shape index (κ1) is 12.5. The summed E-state index contributed by atoms with van der Waals surface area (Å²) in [5.41, 5.74) is 0.378. The number of aromatic hydroxyl groups is 1. The Balaban J connectivity index is 2.00. The molecule has 0 aliphatic heterocycles. The molecule has 6 heteroatoms. The first-order chi connectivity index (χ1) is 7.96. The van der Waals surface area contributed by atoms with Gasteiger partial charge in [-0.05, 0) is 30.5 Å². The second kappa shape index (κ2) is 4.74. The van der Waals surface area contributed by atoms with E-state index in [4.69, 9.17) is 11.6 Å². The molecular weight excluding hydrogens is 262 g/mol. The van der Waals surface area contributed by atoms with Crippen LogP contribution in [0.1, 0.15) is 19.3 Å². The maximum Gasteiger partial charge on any atom is 0.232 e. The van der Waals surface area contributed by atoms with Gasteiger partial charge in [0, 0.05) is 0 Å². The van der Waals surface area contributed by atoms with Gasteiger partial charge in [0.05, 0.1) is 16.5 Å². The Hall–Kier alpha value is -0.940. The van der Waals surface area contributed by atoms with Crippen LogP contribution in [0.4, 0.5) is 5.69 Å². The molecule has 0 unspecified atom stereocenters. The van der Waals surface area contributed by atoms with Crippen molar-refractivity contribution in [3.63, 3.8) is 0 Å². The predicted molar refractivity (Wildman–Crippen MR) is 67.9 cm³/mol. The second-order valence-electron chi connectivity index (χ2n) is 4.32. The fraction of sp³-hybridized carbons (Fsp3) is 0.455. The van der Waals surface area contributed by atoms with Gasteiger partial charge in [-0.2, -0.15) is 0 Å². The van der Waals surface area contributed by atoms with Crippen LogP contribution >= 0.6 is 11.6 Å². The molecule has 94 valence electrons. The quantitative estimate of drug-likeness (QED) is 0.812. The Morgan fingerprint density at radius 2 is 2.12 bits per heavy atom. The molecular formula is C11H14ClNO3S. The Bertz CT molecular complexity index is 511. The van der Waals surface area contributed by atoms with Crippen molar-refractivity contribution in [2.24, 2.45) is 5.92 Å². The van der Waals surface area contributed by atoms with Crippen molar-refractivity contribution in [3.8, 4) is 5.75 Å². The molecule has 4 nitrogen and oxygen atoms in total. The number of phenols is 1. The lowest BCUT2D eigenvalue weighted by Crippen LogP contribution is -2.17. The van der Waals surface area contributed by atoms with Crippen LogP contribution in [0.25, 0.3) is 0 Å². The summed E-state index contributed by atoms with van der Waals surface area (Å²) >= 11 is 5.70. The molecule has 2 N–H and O–H groups in total. The fourth-order valence-corrected chi connectivity index (χ4v) is 2.94. The van der Waals surface area contributed by atoms with Crippen molar-refractivity contribution in [2.45, 2.75) is 19.3 Å². The first-order valence-electron chi connectivity index (χ1n) is 5.45. The van der Waals surface area contributed by atoms with Gasteiger partial charge < -0.3 is 5.11 Å². The zero-order valence-corrected chi connectivity index (χ0v) is 10.8. The van der Waals surface area contributed by atoms with E-state index in [1.807, 2.05) is 0 Å². The predicted octanol–water partition coefficient (Wildman–Crippen LogP) is 2.59. The smallest absolute Gasteiger partial charge is 0.232 e.